The van der Waals surface area contributed by atoms with E-state index in [0.717, 1.165) is 38.2 Å². The number of hydrogen-bond donors (Lipinski definition) is 1. The van der Waals surface area contributed by atoms with Crippen LogP contribution in [-0.2, 0) is 0 Å². The minimum Gasteiger partial charge on any atom is -0.494 e. The molecule has 0 aromatic heterocycles. The van der Waals surface area contributed by atoms with Gasteiger partial charge in [-0.15, -0.1) is 0 Å². The lowest BCUT2D eigenvalue weighted by molar-refractivity contribution is 0.306. The third-order valence-electron chi connectivity index (χ3n) is 3.06. The third-order valence-corrected chi connectivity index (χ3v) is 3.06. The van der Waals surface area contributed by atoms with E-state index in [1.807, 2.05) is 18.2 Å². The molecule has 0 atom stereocenters. The molecule has 0 radical (unpaired) electrons. The molecule has 0 heterocycles. The first-order chi connectivity index (χ1) is 9.40. The normalized spacial score (nSPS) is 10.4. The summed E-state index contributed by atoms with van der Waals surface area (Å²) < 4.78 is 5.77. The van der Waals surface area contributed by atoms with Crippen molar-refractivity contribution in [2.75, 3.05) is 13.2 Å². The largest absolute Gasteiger partial charge is 0.494 e. The second-order valence-electron chi connectivity index (χ2n) is 4.59. The summed E-state index contributed by atoms with van der Waals surface area (Å²) in [6.07, 6.45) is 3.27. The molecular formula is C17H21NO. The van der Waals surface area contributed by atoms with E-state index >= 15 is 0 Å². The molecule has 2 aromatic carbocycles. The van der Waals surface area contributed by atoms with Crippen LogP contribution in [0.1, 0.15) is 19.3 Å². The lowest BCUT2D eigenvalue weighted by atomic mass is 10.1. The zero-order valence-corrected chi connectivity index (χ0v) is 11.2. The molecular weight excluding hydrogens is 234 g/mol. The Morgan fingerprint density at radius 3 is 2.37 bits per heavy atom. The molecule has 2 N–H and O–H groups in total. The predicted molar refractivity (Wildman–Crippen MR) is 80.3 cm³/mol. The van der Waals surface area contributed by atoms with Gasteiger partial charge < -0.3 is 10.5 Å². The Morgan fingerprint density at radius 1 is 0.789 bits per heavy atom. The lowest BCUT2D eigenvalue weighted by Crippen LogP contribution is -2.01. The molecule has 2 heteroatoms. The number of unbranched alkanes of at least 4 members (excludes halogenated alkanes) is 2. The molecule has 0 fully saturated rings. The summed E-state index contributed by atoms with van der Waals surface area (Å²) in [5, 5.41) is 0. The Kier molecular flexibility index (Phi) is 5.45. The second-order valence-corrected chi connectivity index (χ2v) is 4.59. The van der Waals surface area contributed by atoms with Crippen molar-refractivity contribution in [3.05, 3.63) is 54.6 Å². The molecule has 0 bridgehead atoms. The number of hydrogen-bond acceptors (Lipinski definition) is 2. The van der Waals surface area contributed by atoms with Crippen LogP contribution < -0.4 is 10.5 Å². The maximum Gasteiger partial charge on any atom is 0.119 e. The van der Waals surface area contributed by atoms with Crippen molar-refractivity contribution in [3.8, 4) is 16.9 Å². The van der Waals surface area contributed by atoms with Crippen LogP contribution in [0.15, 0.2) is 54.6 Å². The quantitative estimate of drug-likeness (QED) is 0.762. The number of rotatable bonds is 7. The van der Waals surface area contributed by atoms with E-state index in [1.165, 1.54) is 11.1 Å². The van der Waals surface area contributed by atoms with Crippen LogP contribution in [0.5, 0.6) is 5.75 Å². The molecule has 0 amide bonds. The number of benzene rings is 2. The molecule has 19 heavy (non-hydrogen) atoms. The molecule has 0 aliphatic heterocycles. The average Bonchev–Trinajstić information content (AvgIpc) is 2.48. The molecule has 0 saturated heterocycles. The summed E-state index contributed by atoms with van der Waals surface area (Å²) in [5.74, 6) is 0.939. The standard InChI is InChI=1S/C17H21NO/c18-12-5-2-6-13-19-17-11-7-10-16(14-17)15-8-3-1-4-9-15/h1,3-4,7-11,14H,2,5-6,12-13,18H2. The molecule has 0 unspecified atom stereocenters. The van der Waals surface area contributed by atoms with Crippen LogP contribution >= 0.6 is 0 Å². The monoisotopic (exact) mass is 255 g/mol. The minimum absolute atomic E-state index is 0.762. The fourth-order valence-corrected chi connectivity index (χ4v) is 2.01. The summed E-state index contributed by atoms with van der Waals surface area (Å²) in [7, 11) is 0. The first-order valence-corrected chi connectivity index (χ1v) is 6.88. The Balaban J connectivity index is 1.92. The van der Waals surface area contributed by atoms with Crippen molar-refractivity contribution in [2.24, 2.45) is 5.73 Å². The van der Waals surface area contributed by atoms with Crippen molar-refractivity contribution < 1.29 is 4.74 Å². The molecule has 2 nitrogen and oxygen atoms in total. The van der Waals surface area contributed by atoms with E-state index in [2.05, 4.69) is 36.4 Å². The molecule has 2 aromatic rings. The van der Waals surface area contributed by atoms with Gasteiger partial charge in [-0.2, -0.15) is 0 Å². The maximum absolute atomic E-state index is 5.77. The summed E-state index contributed by atoms with van der Waals surface area (Å²) in [6.45, 7) is 1.53. The smallest absolute Gasteiger partial charge is 0.119 e. The molecule has 0 aliphatic carbocycles. The van der Waals surface area contributed by atoms with E-state index in [9.17, 15) is 0 Å². The third kappa shape index (κ3) is 4.42. The highest BCUT2D eigenvalue weighted by molar-refractivity contribution is 5.64. The van der Waals surface area contributed by atoms with Gasteiger partial charge in [0.2, 0.25) is 0 Å². The fourth-order valence-electron chi connectivity index (χ4n) is 2.01. The Labute approximate surface area is 115 Å². The molecule has 2 rings (SSSR count). The Hall–Kier alpha value is -1.80. The van der Waals surface area contributed by atoms with Crippen LogP contribution in [-0.4, -0.2) is 13.2 Å². The first-order valence-electron chi connectivity index (χ1n) is 6.88. The van der Waals surface area contributed by atoms with E-state index in [0.29, 0.717) is 0 Å². The highest BCUT2D eigenvalue weighted by Gasteiger charge is 1.99. The van der Waals surface area contributed by atoms with E-state index in [-0.39, 0.29) is 0 Å². The minimum atomic E-state index is 0.762. The van der Waals surface area contributed by atoms with Crippen LogP contribution in [0, 0.1) is 0 Å². The molecule has 100 valence electrons. The van der Waals surface area contributed by atoms with Gasteiger partial charge in [-0.1, -0.05) is 42.5 Å². The van der Waals surface area contributed by atoms with Crippen molar-refractivity contribution in [1.82, 2.24) is 0 Å². The lowest BCUT2D eigenvalue weighted by Gasteiger charge is -2.08. The summed E-state index contributed by atoms with van der Waals surface area (Å²) in [4.78, 5) is 0. The van der Waals surface area contributed by atoms with Crippen molar-refractivity contribution in [2.45, 2.75) is 19.3 Å². The van der Waals surface area contributed by atoms with Crippen molar-refractivity contribution >= 4 is 0 Å². The fraction of sp³-hybridized carbons (Fsp3) is 0.294. The summed E-state index contributed by atoms with van der Waals surface area (Å²) in [6, 6.07) is 18.6. The van der Waals surface area contributed by atoms with E-state index in [1.54, 1.807) is 0 Å². The predicted octanol–water partition coefficient (Wildman–Crippen LogP) is 3.86. The van der Waals surface area contributed by atoms with Crippen LogP contribution in [0.25, 0.3) is 11.1 Å². The number of nitrogens with two attached hydrogens (primary N) is 1. The zero-order chi connectivity index (χ0) is 13.3. The van der Waals surface area contributed by atoms with Gasteiger partial charge in [0.25, 0.3) is 0 Å². The average molecular weight is 255 g/mol. The van der Waals surface area contributed by atoms with Crippen molar-refractivity contribution in [1.29, 1.82) is 0 Å². The SMILES string of the molecule is NCCCCCOc1cccc(-c2ccccc2)c1. The highest BCUT2D eigenvalue weighted by atomic mass is 16.5. The van der Waals surface area contributed by atoms with Crippen LogP contribution in [0.2, 0.25) is 0 Å². The van der Waals surface area contributed by atoms with Gasteiger partial charge in [0.05, 0.1) is 6.61 Å². The zero-order valence-electron chi connectivity index (χ0n) is 11.2. The van der Waals surface area contributed by atoms with Gasteiger partial charge in [0.15, 0.2) is 0 Å². The van der Waals surface area contributed by atoms with Gasteiger partial charge in [0, 0.05) is 0 Å². The van der Waals surface area contributed by atoms with Gasteiger partial charge in [0.1, 0.15) is 5.75 Å². The van der Waals surface area contributed by atoms with E-state index < -0.39 is 0 Å². The summed E-state index contributed by atoms with van der Waals surface area (Å²) in [5.41, 5.74) is 7.88. The Bertz CT molecular complexity index is 482. The van der Waals surface area contributed by atoms with Gasteiger partial charge in [-0.3, -0.25) is 0 Å². The summed E-state index contributed by atoms with van der Waals surface area (Å²) >= 11 is 0. The van der Waals surface area contributed by atoms with Crippen LogP contribution in [0.4, 0.5) is 0 Å². The molecule has 0 aliphatic rings. The maximum atomic E-state index is 5.77. The second kappa shape index (κ2) is 7.59. The topological polar surface area (TPSA) is 35.2 Å². The Morgan fingerprint density at radius 2 is 1.58 bits per heavy atom. The van der Waals surface area contributed by atoms with Crippen molar-refractivity contribution in [3.63, 3.8) is 0 Å². The highest BCUT2D eigenvalue weighted by Crippen LogP contribution is 2.23. The van der Waals surface area contributed by atoms with Gasteiger partial charge in [-0.05, 0) is 49.1 Å². The molecule has 0 spiro atoms. The molecule has 0 saturated carbocycles. The number of ether oxygens (including phenoxy) is 1. The van der Waals surface area contributed by atoms with Gasteiger partial charge in [-0.25, -0.2) is 0 Å². The first kappa shape index (κ1) is 13.6. The van der Waals surface area contributed by atoms with E-state index in [4.69, 9.17) is 10.5 Å². The van der Waals surface area contributed by atoms with Crippen LogP contribution in [0.3, 0.4) is 0 Å². The van der Waals surface area contributed by atoms with Gasteiger partial charge >= 0.3 is 0 Å².